The monoisotopic (exact) mass is 286 g/mol. The molecule has 5 nitrogen and oxygen atoms in total. The summed E-state index contributed by atoms with van der Waals surface area (Å²) in [5.41, 5.74) is 0.830. The molecule has 2 N–H and O–H groups in total. The molecule has 1 aromatic carbocycles. The van der Waals surface area contributed by atoms with Crippen molar-refractivity contribution >= 4 is 10.0 Å². The van der Waals surface area contributed by atoms with Crippen LogP contribution in [0.1, 0.15) is 26.3 Å². The Labute approximate surface area is 115 Å². The highest BCUT2D eigenvalue weighted by Gasteiger charge is 2.17. The Balaban J connectivity index is 3.14. The van der Waals surface area contributed by atoms with Crippen molar-refractivity contribution in [3.63, 3.8) is 0 Å². The largest absolute Gasteiger partial charge is 0.494 e. The summed E-state index contributed by atoms with van der Waals surface area (Å²) in [6, 6.07) is 4.77. The van der Waals surface area contributed by atoms with Crippen LogP contribution in [0.5, 0.6) is 5.75 Å². The lowest BCUT2D eigenvalue weighted by molar-refractivity contribution is 0.335. The Hall–Kier alpha value is -1.11. The summed E-state index contributed by atoms with van der Waals surface area (Å²) in [7, 11) is -1.66. The molecule has 0 saturated heterocycles. The van der Waals surface area contributed by atoms with E-state index in [0.717, 1.165) is 5.56 Å². The van der Waals surface area contributed by atoms with E-state index in [1.807, 2.05) is 14.0 Å². The molecule has 0 spiro atoms. The Morgan fingerprint density at radius 3 is 2.53 bits per heavy atom. The fourth-order valence-electron chi connectivity index (χ4n) is 1.73. The van der Waals surface area contributed by atoms with E-state index in [1.165, 1.54) is 0 Å². The van der Waals surface area contributed by atoms with Gasteiger partial charge < -0.3 is 10.1 Å². The first-order valence-electron chi connectivity index (χ1n) is 6.33. The number of nitrogens with one attached hydrogen (secondary N) is 2. The summed E-state index contributed by atoms with van der Waals surface area (Å²) in [6.07, 6.45) is 0. The molecule has 0 aliphatic carbocycles. The fourth-order valence-corrected chi connectivity index (χ4v) is 3.03. The van der Waals surface area contributed by atoms with Crippen LogP contribution in [0.3, 0.4) is 0 Å². The van der Waals surface area contributed by atoms with Crippen LogP contribution in [-0.4, -0.2) is 28.1 Å². The van der Waals surface area contributed by atoms with Crippen LogP contribution in [0.25, 0.3) is 0 Å². The van der Waals surface area contributed by atoms with Crippen molar-refractivity contribution in [1.29, 1.82) is 0 Å². The van der Waals surface area contributed by atoms with Gasteiger partial charge in [0.05, 0.1) is 11.5 Å². The van der Waals surface area contributed by atoms with Gasteiger partial charge in [-0.2, -0.15) is 0 Å². The number of hydrogen-bond acceptors (Lipinski definition) is 4. The molecule has 0 heterocycles. The van der Waals surface area contributed by atoms with Crippen molar-refractivity contribution in [3.8, 4) is 5.75 Å². The highest BCUT2D eigenvalue weighted by molar-refractivity contribution is 7.89. The van der Waals surface area contributed by atoms with Gasteiger partial charge in [-0.1, -0.05) is 0 Å². The molecule has 1 rings (SSSR count). The predicted molar refractivity (Wildman–Crippen MR) is 75.8 cm³/mol. The summed E-state index contributed by atoms with van der Waals surface area (Å²) in [4.78, 5) is 0.259. The smallest absolute Gasteiger partial charge is 0.240 e. The minimum absolute atomic E-state index is 0.135. The molecule has 0 unspecified atom stereocenters. The van der Waals surface area contributed by atoms with Crippen molar-refractivity contribution in [1.82, 2.24) is 10.0 Å². The van der Waals surface area contributed by atoms with Crippen LogP contribution in [-0.2, 0) is 16.6 Å². The van der Waals surface area contributed by atoms with Gasteiger partial charge in [-0.25, -0.2) is 13.1 Å². The molecule has 19 heavy (non-hydrogen) atoms. The van der Waals surface area contributed by atoms with Crippen LogP contribution in [0.2, 0.25) is 0 Å². The van der Waals surface area contributed by atoms with Gasteiger partial charge in [0.15, 0.2) is 0 Å². The molecule has 1 aromatic rings. The lowest BCUT2D eigenvalue weighted by atomic mass is 10.2. The van der Waals surface area contributed by atoms with Gasteiger partial charge in [0.2, 0.25) is 10.0 Å². The standard InChI is InChI=1S/C13H22N2O3S/c1-5-18-13-7-6-12(8-11(13)9-14-4)19(16,17)15-10(2)3/h6-8,10,14-15H,5,9H2,1-4H3. The molecule has 6 heteroatoms. The number of hydrogen-bond donors (Lipinski definition) is 2. The van der Waals surface area contributed by atoms with E-state index in [9.17, 15) is 8.42 Å². The van der Waals surface area contributed by atoms with Gasteiger partial charge in [-0.15, -0.1) is 0 Å². The summed E-state index contributed by atoms with van der Waals surface area (Å²) < 4.78 is 32.2. The topological polar surface area (TPSA) is 67.4 Å². The van der Waals surface area contributed by atoms with E-state index in [0.29, 0.717) is 18.9 Å². The Morgan fingerprint density at radius 2 is 2.00 bits per heavy atom. The molecule has 0 atom stereocenters. The Bertz CT molecular complexity index is 513. The van der Waals surface area contributed by atoms with Gasteiger partial charge in [0, 0.05) is 18.2 Å². The number of benzene rings is 1. The van der Waals surface area contributed by atoms with E-state index < -0.39 is 10.0 Å². The molecule has 0 radical (unpaired) electrons. The maximum Gasteiger partial charge on any atom is 0.240 e. The van der Waals surface area contributed by atoms with E-state index in [-0.39, 0.29) is 10.9 Å². The second-order valence-electron chi connectivity index (χ2n) is 4.51. The predicted octanol–water partition coefficient (Wildman–Crippen LogP) is 1.49. The van der Waals surface area contributed by atoms with Crippen LogP contribution in [0, 0.1) is 0 Å². The Kier molecular flexibility index (Phi) is 5.78. The second kappa shape index (κ2) is 6.88. The highest BCUT2D eigenvalue weighted by atomic mass is 32.2. The molecule has 0 aliphatic heterocycles. The molecule has 0 aromatic heterocycles. The van der Waals surface area contributed by atoms with Gasteiger partial charge in [-0.05, 0) is 46.0 Å². The van der Waals surface area contributed by atoms with Gasteiger partial charge in [0.25, 0.3) is 0 Å². The van der Waals surface area contributed by atoms with Crippen molar-refractivity contribution in [2.24, 2.45) is 0 Å². The average molecular weight is 286 g/mol. The molecule has 0 bridgehead atoms. The van der Waals surface area contributed by atoms with Crippen LogP contribution >= 0.6 is 0 Å². The summed E-state index contributed by atoms with van der Waals surface area (Å²) in [5.74, 6) is 0.709. The molecule has 108 valence electrons. The van der Waals surface area contributed by atoms with Gasteiger partial charge >= 0.3 is 0 Å². The molecule has 0 fully saturated rings. The van der Waals surface area contributed by atoms with E-state index in [1.54, 1.807) is 32.0 Å². The van der Waals surface area contributed by atoms with Crippen molar-refractivity contribution in [2.45, 2.75) is 38.3 Å². The average Bonchev–Trinajstić information content (AvgIpc) is 2.30. The molecule has 0 amide bonds. The van der Waals surface area contributed by atoms with Gasteiger partial charge in [0.1, 0.15) is 5.75 Å². The van der Waals surface area contributed by atoms with Crippen LogP contribution in [0.4, 0.5) is 0 Å². The van der Waals surface area contributed by atoms with E-state index in [4.69, 9.17) is 4.74 Å². The normalized spacial score (nSPS) is 11.8. The van der Waals surface area contributed by atoms with Crippen LogP contribution < -0.4 is 14.8 Å². The zero-order valence-electron chi connectivity index (χ0n) is 11.9. The van der Waals surface area contributed by atoms with Crippen molar-refractivity contribution in [2.75, 3.05) is 13.7 Å². The third-order valence-electron chi connectivity index (χ3n) is 2.40. The molecular weight excluding hydrogens is 264 g/mol. The second-order valence-corrected chi connectivity index (χ2v) is 6.22. The lowest BCUT2D eigenvalue weighted by Gasteiger charge is -2.14. The fraction of sp³-hybridized carbons (Fsp3) is 0.538. The van der Waals surface area contributed by atoms with Crippen molar-refractivity contribution < 1.29 is 13.2 Å². The lowest BCUT2D eigenvalue weighted by Crippen LogP contribution is -2.30. The quantitative estimate of drug-likeness (QED) is 0.797. The first-order chi connectivity index (χ1) is 8.90. The molecular formula is C13H22N2O3S. The number of sulfonamides is 1. The number of ether oxygens (including phenoxy) is 1. The zero-order valence-corrected chi connectivity index (χ0v) is 12.7. The Morgan fingerprint density at radius 1 is 1.32 bits per heavy atom. The molecule has 0 saturated carbocycles. The first kappa shape index (κ1) is 15.9. The van der Waals surface area contributed by atoms with Crippen molar-refractivity contribution in [3.05, 3.63) is 23.8 Å². The van der Waals surface area contributed by atoms with E-state index >= 15 is 0 Å². The summed E-state index contributed by atoms with van der Waals surface area (Å²) >= 11 is 0. The minimum atomic E-state index is -3.47. The maximum absolute atomic E-state index is 12.1. The summed E-state index contributed by atoms with van der Waals surface area (Å²) in [5, 5.41) is 3.01. The third-order valence-corrected chi connectivity index (χ3v) is 4.06. The van der Waals surface area contributed by atoms with Gasteiger partial charge in [-0.3, -0.25) is 0 Å². The summed E-state index contributed by atoms with van der Waals surface area (Å²) in [6.45, 7) is 6.59. The number of rotatable bonds is 7. The highest BCUT2D eigenvalue weighted by Crippen LogP contribution is 2.22. The first-order valence-corrected chi connectivity index (χ1v) is 7.81. The SMILES string of the molecule is CCOc1ccc(S(=O)(=O)NC(C)C)cc1CNC. The minimum Gasteiger partial charge on any atom is -0.494 e. The zero-order chi connectivity index (χ0) is 14.5. The third kappa shape index (κ3) is 4.49. The maximum atomic E-state index is 12.1. The molecule has 0 aliphatic rings. The van der Waals surface area contributed by atoms with Crippen LogP contribution in [0.15, 0.2) is 23.1 Å². The van der Waals surface area contributed by atoms with E-state index in [2.05, 4.69) is 10.0 Å².